The van der Waals surface area contributed by atoms with Gasteiger partial charge in [0.25, 0.3) is 0 Å². The van der Waals surface area contributed by atoms with Crippen molar-refractivity contribution >= 4 is 26.8 Å². The number of hydrogen-bond acceptors (Lipinski definition) is 5. The van der Waals surface area contributed by atoms with Crippen LogP contribution in [0.1, 0.15) is 31.7 Å². The van der Waals surface area contributed by atoms with Crippen LogP contribution in [0.25, 0.3) is 10.9 Å². The summed E-state index contributed by atoms with van der Waals surface area (Å²) in [5.74, 6) is 0.166. The molecule has 1 aromatic heterocycles. The van der Waals surface area contributed by atoms with E-state index in [1.807, 2.05) is 30.9 Å². The van der Waals surface area contributed by atoms with E-state index in [0.29, 0.717) is 31.7 Å². The highest BCUT2D eigenvalue weighted by Gasteiger charge is 2.34. The quantitative estimate of drug-likeness (QED) is 0.744. The Morgan fingerprint density at radius 2 is 1.73 bits per heavy atom. The fraction of sp³-hybridized carbons (Fsp3) is 0.545. The number of benzene rings is 1. The number of fused-ring (bicyclic) bond motifs is 1. The molecule has 0 bridgehead atoms. The second-order valence-electron chi connectivity index (χ2n) is 8.34. The molecule has 2 fully saturated rings. The molecule has 0 N–H and O–H groups in total. The third-order valence-electron chi connectivity index (χ3n) is 6.27. The van der Waals surface area contributed by atoms with Gasteiger partial charge in [-0.2, -0.15) is 4.31 Å². The van der Waals surface area contributed by atoms with Crippen molar-refractivity contribution in [2.45, 2.75) is 44.0 Å². The topological polar surface area (TPSA) is 73.8 Å². The number of carbonyl (C=O) groups is 1. The number of para-hydroxylation sites is 1. The molecule has 162 valence electrons. The van der Waals surface area contributed by atoms with Gasteiger partial charge in [-0.3, -0.25) is 14.7 Å². The molecule has 7 nitrogen and oxygen atoms in total. The summed E-state index contributed by atoms with van der Waals surface area (Å²) in [5, 5.41) is 0.829. The molecule has 1 aromatic carbocycles. The molecule has 2 aliphatic heterocycles. The Labute approximate surface area is 178 Å². The molecule has 2 aliphatic rings. The molecular formula is C22H30N4O3S. The summed E-state index contributed by atoms with van der Waals surface area (Å²) in [4.78, 5) is 21.5. The summed E-state index contributed by atoms with van der Waals surface area (Å²) < 4.78 is 28.2. The van der Waals surface area contributed by atoms with Gasteiger partial charge in [-0.1, -0.05) is 12.1 Å². The van der Waals surface area contributed by atoms with Crippen molar-refractivity contribution in [2.24, 2.45) is 0 Å². The number of rotatable bonds is 4. The van der Waals surface area contributed by atoms with Crippen LogP contribution in [0.4, 0.5) is 0 Å². The number of pyridine rings is 1. The molecular weight excluding hydrogens is 400 g/mol. The number of likely N-dealkylation sites (tertiary alicyclic amines) is 1. The number of aryl methyl sites for hydroxylation is 1. The Morgan fingerprint density at radius 1 is 1.03 bits per heavy atom. The van der Waals surface area contributed by atoms with Crippen molar-refractivity contribution in [2.75, 3.05) is 39.3 Å². The van der Waals surface area contributed by atoms with Crippen LogP contribution in [0.15, 0.2) is 35.4 Å². The van der Waals surface area contributed by atoms with Gasteiger partial charge in [-0.25, -0.2) is 8.42 Å². The molecule has 2 aromatic rings. The Hall–Kier alpha value is -2.03. The normalized spacial score (nSPS) is 20.4. The first-order valence-corrected chi connectivity index (χ1v) is 12.2. The molecule has 0 aliphatic carbocycles. The van der Waals surface area contributed by atoms with E-state index in [4.69, 9.17) is 0 Å². The minimum atomic E-state index is -3.64. The van der Waals surface area contributed by atoms with Crippen LogP contribution in [-0.4, -0.2) is 78.7 Å². The van der Waals surface area contributed by atoms with Crippen LogP contribution in [0, 0.1) is 6.92 Å². The zero-order valence-electron chi connectivity index (χ0n) is 17.7. The first-order valence-electron chi connectivity index (χ1n) is 10.8. The molecule has 30 heavy (non-hydrogen) atoms. The Balaban J connectivity index is 1.46. The number of amides is 1. The lowest BCUT2D eigenvalue weighted by molar-refractivity contribution is -0.137. The molecule has 8 heteroatoms. The predicted octanol–water partition coefficient (Wildman–Crippen LogP) is 2.25. The molecule has 1 unspecified atom stereocenters. The average Bonchev–Trinajstić information content (AvgIpc) is 2.78. The molecule has 4 rings (SSSR count). The van der Waals surface area contributed by atoms with Gasteiger partial charge >= 0.3 is 0 Å². The van der Waals surface area contributed by atoms with E-state index in [2.05, 4.69) is 9.88 Å². The van der Waals surface area contributed by atoms with Gasteiger partial charge in [-0.15, -0.1) is 0 Å². The maximum absolute atomic E-state index is 13.3. The minimum absolute atomic E-state index is 0.166. The number of carbonyl (C=O) groups excluding carboxylic acids is 1. The van der Waals surface area contributed by atoms with Gasteiger partial charge in [0.1, 0.15) is 4.90 Å². The fourth-order valence-corrected chi connectivity index (χ4v) is 6.04. The SMILES string of the molecule is Cc1cnc2c(S(=O)(=O)N3CCN(C(C)C(=O)N4CCCCC4)CC3)cccc2c1. The van der Waals surface area contributed by atoms with Crippen LogP contribution in [-0.2, 0) is 14.8 Å². The molecule has 0 saturated carbocycles. The highest BCUT2D eigenvalue weighted by molar-refractivity contribution is 7.89. The molecule has 0 spiro atoms. The van der Waals surface area contributed by atoms with Gasteiger partial charge in [0.05, 0.1) is 11.6 Å². The lowest BCUT2D eigenvalue weighted by atomic mass is 10.1. The van der Waals surface area contributed by atoms with Gasteiger partial charge in [-0.05, 0) is 50.8 Å². The molecule has 1 amide bonds. The highest BCUT2D eigenvalue weighted by Crippen LogP contribution is 2.26. The molecule has 3 heterocycles. The Bertz CT molecular complexity index is 1030. The van der Waals surface area contributed by atoms with Crippen molar-refractivity contribution in [1.82, 2.24) is 19.1 Å². The summed E-state index contributed by atoms with van der Waals surface area (Å²) in [7, 11) is -3.64. The third kappa shape index (κ3) is 4.08. The summed E-state index contributed by atoms with van der Waals surface area (Å²) in [5.41, 5.74) is 1.51. The second-order valence-corrected chi connectivity index (χ2v) is 10.2. The van der Waals surface area contributed by atoms with E-state index in [1.54, 1.807) is 18.3 Å². The monoisotopic (exact) mass is 430 g/mol. The predicted molar refractivity (Wildman–Crippen MR) is 117 cm³/mol. The number of sulfonamides is 1. The van der Waals surface area contributed by atoms with Gasteiger partial charge in [0.2, 0.25) is 15.9 Å². The van der Waals surface area contributed by atoms with Gasteiger partial charge < -0.3 is 4.90 Å². The van der Waals surface area contributed by atoms with Crippen LogP contribution in [0.3, 0.4) is 0 Å². The van der Waals surface area contributed by atoms with Crippen molar-refractivity contribution in [3.8, 4) is 0 Å². The second kappa shape index (κ2) is 8.61. The fourth-order valence-electron chi connectivity index (χ4n) is 4.46. The standard InChI is InChI=1S/C22H30N4O3S/c1-17-15-19-7-6-8-20(21(19)23-16-17)30(28,29)26-13-11-24(12-14-26)18(2)22(27)25-9-4-3-5-10-25/h6-8,15-16,18H,3-5,9-14H2,1-2H3. The van der Waals surface area contributed by atoms with E-state index in [-0.39, 0.29) is 16.8 Å². The van der Waals surface area contributed by atoms with Crippen molar-refractivity contribution in [3.05, 3.63) is 36.0 Å². The van der Waals surface area contributed by atoms with Crippen LogP contribution in [0.5, 0.6) is 0 Å². The average molecular weight is 431 g/mol. The maximum atomic E-state index is 13.3. The lowest BCUT2D eigenvalue weighted by Gasteiger charge is -2.39. The maximum Gasteiger partial charge on any atom is 0.245 e. The molecule has 1 atom stereocenters. The number of nitrogens with zero attached hydrogens (tertiary/aromatic N) is 4. The van der Waals surface area contributed by atoms with E-state index in [9.17, 15) is 13.2 Å². The summed E-state index contributed by atoms with van der Waals surface area (Å²) in [6, 6.07) is 7.03. The smallest absolute Gasteiger partial charge is 0.245 e. The first kappa shape index (κ1) is 21.2. The Morgan fingerprint density at radius 3 is 2.43 bits per heavy atom. The first-order chi connectivity index (χ1) is 14.4. The number of aromatic nitrogens is 1. The zero-order valence-corrected chi connectivity index (χ0v) is 18.6. The van der Waals surface area contributed by atoms with Crippen LogP contribution < -0.4 is 0 Å². The summed E-state index contributed by atoms with van der Waals surface area (Å²) in [6.45, 7) is 7.42. The minimum Gasteiger partial charge on any atom is -0.341 e. The van der Waals surface area contributed by atoms with E-state index >= 15 is 0 Å². The lowest BCUT2D eigenvalue weighted by Crippen LogP contribution is -2.55. The highest BCUT2D eigenvalue weighted by atomic mass is 32.2. The molecule has 2 saturated heterocycles. The number of piperazine rings is 1. The third-order valence-corrected chi connectivity index (χ3v) is 8.20. The van der Waals surface area contributed by atoms with Crippen molar-refractivity contribution in [3.63, 3.8) is 0 Å². The van der Waals surface area contributed by atoms with Gasteiger partial charge in [0.15, 0.2) is 0 Å². The number of piperidine rings is 1. The van der Waals surface area contributed by atoms with Crippen LogP contribution in [0.2, 0.25) is 0 Å². The van der Waals surface area contributed by atoms with Crippen molar-refractivity contribution < 1.29 is 13.2 Å². The zero-order chi connectivity index (χ0) is 21.3. The van der Waals surface area contributed by atoms with E-state index in [0.717, 1.165) is 36.9 Å². The van der Waals surface area contributed by atoms with Crippen LogP contribution >= 0.6 is 0 Å². The number of hydrogen-bond donors (Lipinski definition) is 0. The van der Waals surface area contributed by atoms with E-state index in [1.165, 1.54) is 10.7 Å². The Kier molecular flexibility index (Phi) is 6.09. The van der Waals surface area contributed by atoms with Gasteiger partial charge in [0, 0.05) is 50.9 Å². The largest absolute Gasteiger partial charge is 0.341 e. The summed E-state index contributed by atoms with van der Waals surface area (Å²) >= 11 is 0. The van der Waals surface area contributed by atoms with Crippen molar-refractivity contribution in [1.29, 1.82) is 0 Å². The molecule has 0 radical (unpaired) electrons. The van der Waals surface area contributed by atoms with E-state index < -0.39 is 10.0 Å². The summed E-state index contributed by atoms with van der Waals surface area (Å²) in [6.07, 6.45) is 5.04.